The molecule has 0 fully saturated rings. The summed E-state index contributed by atoms with van der Waals surface area (Å²) in [6.07, 6.45) is 0.923. The van der Waals surface area contributed by atoms with Crippen LogP contribution in [0.5, 0.6) is 0 Å². The molecule has 1 aromatic rings. The number of benzene rings is 1. The van der Waals surface area contributed by atoms with Gasteiger partial charge in [0.2, 0.25) is 0 Å². The average molecular weight is 262 g/mol. The smallest absolute Gasteiger partial charge is 0.336 e. The van der Waals surface area contributed by atoms with E-state index in [2.05, 4.69) is 60.6 Å². The summed E-state index contributed by atoms with van der Waals surface area (Å²) < 4.78 is 0. The Morgan fingerprint density at radius 2 is 1.37 bits per heavy atom. The molecule has 0 aliphatic carbocycles. The molecule has 0 saturated heterocycles. The topological polar surface area (TPSA) is 37.3 Å². The van der Waals surface area contributed by atoms with E-state index >= 15 is 0 Å². The van der Waals surface area contributed by atoms with Crippen LogP contribution in [0, 0.1) is 0 Å². The van der Waals surface area contributed by atoms with Crippen LogP contribution in [0.15, 0.2) is 12.1 Å². The molecule has 0 aliphatic heterocycles. The van der Waals surface area contributed by atoms with Crippen LogP contribution in [0.3, 0.4) is 0 Å². The fraction of sp³-hybridized carbons (Fsp3) is 0.588. The van der Waals surface area contributed by atoms with Crippen molar-refractivity contribution in [3.8, 4) is 0 Å². The number of aryl methyl sites for hydroxylation is 1. The molecule has 2 heteroatoms. The van der Waals surface area contributed by atoms with Crippen molar-refractivity contribution in [3.63, 3.8) is 0 Å². The molecule has 1 rings (SSSR count). The lowest BCUT2D eigenvalue weighted by atomic mass is 9.75. The number of carboxylic acids is 1. The number of hydrogen-bond acceptors (Lipinski definition) is 1. The van der Waals surface area contributed by atoms with Crippen LogP contribution >= 0.6 is 0 Å². The Kier molecular flexibility index (Phi) is 4.14. The van der Waals surface area contributed by atoms with Gasteiger partial charge >= 0.3 is 5.97 Å². The van der Waals surface area contributed by atoms with Gasteiger partial charge in [0.1, 0.15) is 0 Å². The second kappa shape index (κ2) is 4.99. The molecular formula is C17H26O2. The van der Waals surface area contributed by atoms with Gasteiger partial charge in [0.15, 0.2) is 0 Å². The van der Waals surface area contributed by atoms with E-state index < -0.39 is 5.97 Å². The predicted octanol–water partition coefficient (Wildman–Crippen LogP) is 4.54. The first kappa shape index (κ1) is 15.7. The molecule has 2 nitrogen and oxygen atoms in total. The van der Waals surface area contributed by atoms with Gasteiger partial charge in [-0.2, -0.15) is 0 Å². The largest absolute Gasteiger partial charge is 0.478 e. The van der Waals surface area contributed by atoms with Crippen LogP contribution in [0.2, 0.25) is 0 Å². The third-order valence-corrected chi connectivity index (χ3v) is 3.44. The Morgan fingerprint density at radius 3 is 1.58 bits per heavy atom. The quantitative estimate of drug-likeness (QED) is 0.849. The molecule has 19 heavy (non-hydrogen) atoms. The van der Waals surface area contributed by atoms with E-state index in [4.69, 9.17) is 0 Å². The fourth-order valence-electron chi connectivity index (χ4n) is 2.32. The molecule has 106 valence electrons. The number of hydrogen-bond donors (Lipinski definition) is 1. The van der Waals surface area contributed by atoms with E-state index in [9.17, 15) is 9.90 Å². The molecule has 0 heterocycles. The summed E-state index contributed by atoms with van der Waals surface area (Å²) in [7, 11) is 0. The Balaban J connectivity index is 3.76. The minimum atomic E-state index is -0.822. The van der Waals surface area contributed by atoms with Crippen molar-refractivity contribution in [2.75, 3.05) is 0 Å². The standard InChI is InChI=1S/C17H26O2/c1-8-11-9-12(16(2,3)4)14(15(18)19)13(10-11)17(5,6)7/h9-10H,8H2,1-7H3,(H,18,19). The molecule has 0 saturated carbocycles. The lowest BCUT2D eigenvalue weighted by molar-refractivity contribution is 0.0691. The zero-order valence-corrected chi connectivity index (χ0v) is 13.2. The van der Waals surface area contributed by atoms with Gasteiger partial charge in [0.05, 0.1) is 5.56 Å². The molecule has 0 amide bonds. The Bertz CT molecular complexity index is 450. The van der Waals surface area contributed by atoms with Gasteiger partial charge in [-0.05, 0) is 33.9 Å². The third kappa shape index (κ3) is 3.37. The van der Waals surface area contributed by atoms with Gasteiger partial charge in [-0.15, -0.1) is 0 Å². The van der Waals surface area contributed by atoms with Crippen molar-refractivity contribution in [1.82, 2.24) is 0 Å². The van der Waals surface area contributed by atoms with Crippen molar-refractivity contribution in [2.45, 2.75) is 65.7 Å². The van der Waals surface area contributed by atoms with Crippen molar-refractivity contribution < 1.29 is 9.90 Å². The Hall–Kier alpha value is -1.31. The molecular weight excluding hydrogens is 236 g/mol. The fourth-order valence-corrected chi connectivity index (χ4v) is 2.32. The summed E-state index contributed by atoms with van der Waals surface area (Å²) in [5, 5.41) is 9.64. The Morgan fingerprint density at radius 1 is 1.00 bits per heavy atom. The van der Waals surface area contributed by atoms with Crippen LogP contribution < -0.4 is 0 Å². The van der Waals surface area contributed by atoms with Crippen molar-refractivity contribution >= 4 is 5.97 Å². The molecule has 0 aliphatic rings. The monoisotopic (exact) mass is 262 g/mol. The van der Waals surface area contributed by atoms with E-state index in [1.807, 2.05) is 0 Å². The van der Waals surface area contributed by atoms with Gasteiger partial charge in [-0.1, -0.05) is 60.6 Å². The summed E-state index contributed by atoms with van der Waals surface area (Å²) in [4.78, 5) is 11.7. The second-order valence-electron chi connectivity index (χ2n) is 7.22. The normalized spacial score (nSPS) is 12.6. The lowest BCUT2D eigenvalue weighted by Crippen LogP contribution is -2.24. The maximum Gasteiger partial charge on any atom is 0.336 e. The van der Waals surface area contributed by atoms with Crippen molar-refractivity contribution in [1.29, 1.82) is 0 Å². The van der Waals surface area contributed by atoms with E-state index in [1.54, 1.807) is 0 Å². The van der Waals surface area contributed by atoms with Gasteiger partial charge in [-0.25, -0.2) is 4.79 Å². The zero-order valence-electron chi connectivity index (χ0n) is 13.2. The summed E-state index contributed by atoms with van der Waals surface area (Å²) in [5.41, 5.74) is 3.23. The SMILES string of the molecule is CCc1cc(C(C)(C)C)c(C(=O)O)c(C(C)(C)C)c1. The van der Waals surface area contributed by atoms with Crippen molar-refractivity contribution in [2.24, 2.45) is 0 Å². The first-order valence-electron chi connectivity index (χ1n) is 6.89. The summed E-state index contributed by atoms with van der Waals surface area (Å²) in [5.74, 6) is -0.822. The number of rotatable bonds is 2. The highest BCUT2D eigenvalue weighted by atomic mass is 16.4. The number of carboxylic acid groups (broad SMARTS) is 1. The van der Waals surface area contributed by atoms with Crippen LogP contribution in [-0.2, 0) is 17.3 Å². The average Bonchev–Trinajstić information content (AvgIpc) is 2.24. The summed E-state index contributed by atoms with van der Waals surface area (Å²) >= 11 is 0. The van der Waals surface area contributed by atoms with Crippen LogP contribution in [0.1, 0.15) is 75.5 Å². The van der Waals surface area contributed by atoms with Gasteiger partial charge in [0.25, 0.3) is 0 Å². The molecule has 0 spiro atoms. The van der Waals surface area contributed by atoms with Crippen LogP contribution in [0.4, 0.5) is 0 Å². The number of aromatic carboxylic acids is 1. The minimum absolute atomic E-state index is 0.168. The third-order valence-electron chi connectivity index (χ3n) is 3.44. The van der Waals surface area contributed by atoms with Gasteiger partial charge in [-0.3, -0.25) is 0 Å². The highest BCUT2D eigenvalue weighted by molar-refractivity contribution is 5.92. The van der Waals surface area contributed by atoms with E-state index in [-0.39, 0.29) is 10.8 Å². The number of carbonyl (C=O) groups is 1. The molecule has 0 aromatic heterocycles. The van der Waals surface area contributed by atoms with E-state index in [1.165, 1.54) is 5.56 Å². The van der Waals surface area contributed by atoms with Crippen LogP contribution in [0.25, 0.3) is 0 Å². The highest BCUT2D eigenvalue weighted by Crippen LogP contribution is 2.35. The first-order valence-corrected chi connectivity index (χ1v) is 6.89. The Labute approximate surface area is 116 Å². The lowest BCUT2D eigenvalue weighted by Gasteiger charge is -2.29. The zero-order chi connectivity index (χ0) is 15.0. The summed E-state index contributed by atoms with van der Waals surface area (Å²) in [6.45, 7) is 14.5. The molecule has 0 bridgehead atoms. The minimum Gasteiger partial charge on any atom is -0.478 e. The molecule has 0 atom stereocenters. The molecule has 0 radical (unpaired) electrons. The van der Waals surface area contributed by atoms with Gasteiger partial charge in [0, 0.05) is 0 Å². The molecule has 1 aromatic carbocycles. The maximum atomic E-state index is 11.7. The predicted molar refractivity (Wildman–Crippen MR) is 80.2 cm³/mol. The highest BCUT2D eigenvalue weighted by Gasteiger charge is 2.29. The molecule has 1 N–H and O–H groups in total. The maximum absolute atomic E-state index is 11.7. The van der Waals surface area contributed by atoms with Gasteiger partial charge < -0.3 is 5.11 Å². The van der Waals surface area contributed by atoms with Crippen molar-refractivity contribution in [3.05, 3.63) is 34.4 Å². The molecule has 0 unspecified atom stereocenters. The second-order valence-corrected chi connectivity index (χ2v) is 7.22. The first-order chi connectivity index (χ1) is 8.48. The van der Waals surface area contributed by atoms with E-state index in [0.717, 1.165) is 17.5 Å². The van der Waals surface area contributed by atoms with Crippen LogP contribution in [-0.4, -0.2) is 11.1 Å². The van der Waals surface area contributed by atoms with E-state index in [0.29, 0.717) is 5.56 Å². The summed E-state index contributed by atoms with van der Waals surface area (Å²) in [6, 6.07) is 4.11.